The Morgan fingerprint density at radius 2 is 1.88 bits per heavy atom. The van der Waals surface area contributed by atoms with Gasteiger partial charge in [0.15, 0.2) is 5.82 Å². The fraction of sp³-hybridized carbons (Fsp3) is 0.136. The molecule has 162 valence electrons. The minimum absolute atomic E-state index is 0.0661. The maximum atomic E-state index is 12.6. The molecule has 32 heavy (non-hydrogen) atoms. The van der Waals surface area contributed by atoms with Crippen molar-refractivity contribution in [2.75, 3.05) is 10.0 Å². The summed E-state index contributed by atoms with van der Waals surface area (Å²) in [5.41, 5.74) is 3.92. The summed E-state index contributed by atoms with van der Waals surface area (Å²) in [6.07, 6.45) is 1.55. The maximum Gasteiger partial charge on any atom is 0.264 e. The molecule has 0 aliphatic rings. The minimum Gasteiger partial charge on any atom is -0.360 e. The van der Waals surface area contributed by atoms with Crippen LogP contribution >= 0.6 is 0 Å². The number of hydrogen-bond acceptors (Lipinski definition) is 7. The van der Waals surface area contributed by atoms with E-state index in [4.69, 9.17) is 4.52 Å². The van der Waals surface area contributed by atoms with Crippen molar-refractivity contribution in [2.45, 2.75) is 18.7 Å². The van der Waals surface area contributed by atoms with Crippen LogP contribution in [-0.2, 0) is 17.1 Å². The summed E-state index contributed by atoms with van der Waals surface area (Å²) in [4.78, 5) is 4.59. The number of para-hydroxylation sites is 2. The lowest BCUT2D eigenvalue weighted by molar-refractivity contribution is 0.430. The molecule has 0 bridgehead atoms. The molecule has 0 saturated heterocycles. The zero-order chi connectivity index (χ0) is 22.9. The van der Waals surface area contributed by atoms with Gasteiger partial charge in [-0.05, 0) is 50.2 Å². The first-order valence-electron chi connectivity index (χ1n) is 9.64. The second-order valence-corrected chi connectivity index (χ2v) is 8.83. The molecule has 0 aliphatic carbocycles. The molecule has 10 heteroatoms. The van der Waals surface area contributed by atoms with Crippen molar-refractivity contribution in [1.82, 2.24) is 14.7 Å². The van der Waals surface area contributed by atoms with E-state index in [2.05, 4.69) is 26.2 Å². The van der Waals surface area contributed by atoms with Crippen LogP contribution in [0.4, 0.5) is 11.6 Å². The predicted molar refractivity (Wildman–Crippen MR) is 121 cm³/mol. The minimum atomic E-state index is -3.83. The fourth-order valence-corrected chi connectivity index (χ4v) is 4.16. The monoisotopic (exact) mass is 448 g/mol. The Bertz CT molecular complexity index is 1470. The highest BCUT2D eigenvalue weighted by molar-refractivity contribution is 7.92. The molecule has 0 atom stereocenters. The molecule has 2 aromatic carbocycles. The van der Waals surface area contributed by atoms with Gasteiger partial charge in [-0.15, -0.1) is 0 Å². The van der Waals surface area contributed by atoms with Crippen LogP contribution in [0.3, 0.4) is 0 Å². The van der Waals surface area contributed by atoms with Gasteiger partial charge < -0.3 is 14.4 Å². The maximum absolute atomic E-state index is 12.6. The van der Waals surface area contributed by atoms with E-state index in [0.29, 0.717) is 28.3 Å². The lowest BCUT2D eigenvalue weighted by Crippen LogP contribution is -2.13. The Morgan fingerprint density at radius 3 is 2.50 bits per heavy atom. The van der Waals surface area contributed by atoms with Crippen molar-refractivity contribution in [3.05, 3.63) is 71.8 Å². The number of rotatable bonds is 6. The van der Waals surface area contributed by atoms with Gasteiger partial charge in [0.2, 0.25) is 5.88 Å². The molecule has 0 radical (unpaired) electrons. The van der Waals surface area contributed by atoms with Crippen molar-refractivity contribution in [1.29, 1.82) is 5.26 Å². The van der Waals surface area contributed by atoms with Gasteiger partial charge in [-0.3, -0.25) is 0 Å². The van der Waals surface area contributed by atoms with Gasteiger partial charge in [0.25, 0.3) is 10.0 Å². The summed E-state index contributed by atoms with van der Waals surface area (Å²) in [6, 6.07) is 15.9. The van der Waals surface area contributed by atoms with Crippen molar-refractivity contribution in [2.24, 2.45) is 7.05 Å². The normalized spacial score (nSPS) is 12.0. The predicted octanol–water partition coefficient (Wildman–Crippen LogP) is 3.96. The number of hydrogen-bond donors (Lipinski definition) is 2. The van der Waals surface area contributed by atoms with E-state index in [0.717, 1.165) is 11.0 Å². The summed E-state index contributed by atoms with van der Waals surface area (Å²) >= 11 is 0. The van der Waals surface area contributed by atoms with Crippen LogP contribution in [0.1, 0.15) is 17.1 Å². The van der Waals surface area contributed by atoms with E-state index in [1.54, 1.807) is 32.2 Å². The second kappa shape index (κ2) is 8.20. The van der Waals surface area contributed by atoms with Crippen molar-refractivity contribution in [3.8, 4) is 6.07 Å². The number of benzene rings is 2. The largest absolute Gasteiger partial charge is 0.360 e. The number of imidazole rings is 1. The lowest BCUT2D eigenvalue weighted by Gasteiger charge is -2.07. The van der Waals surface area contributed by atoms with Crippen molar-refractivity contribution < 1.29 is 12.9 Å². The number of sulfonamides is 1. The Labute approximate surface area is 185 Å². The van der Waals surface area contributed by atoms with E-state index in [1.807, 2.05) is 35.9 Å². The Hall–Kier alpha value is -4.10. The summed E-state index contributed by atoms with van der Waals surface area (Å²) in [7, 11) is -1.98. The number of nitrogens with zero attached hydrogens (tertiary/aromatic N) is 4. The average Bonchev–Trinajstić information content (AvgIpc) is 3.28. The molecule has 0 amide bonds. The SMILES string of the molecule is Cc1noc(NS(=O)(=O)c2ccc(N/C=C(\C#N)c3nc4ccccc4n3C)cc2)c1C. The molecule has 0 saturated carbocycles. The highest BCUT2D eigenvalue weighted by atomic mass is 32.2. The molecule has 4 aromatic rings. The van der Waals surface area contributed by atoms with E-state index in [9.17, 15) is 13.7 Å². The fourth-order valence-electron chi connectivity index (χ4n) is 3.11. The first-order chi connectivity index (χ1) is 15.3. The van der Waals surface area contributed by atoms with E-state index in [-0.39, 0.29) is 10.8 Å². The molecule has 9 nitrogen and oxygen atoms in total. The number of fused-ring (bicyclic) bond motifs is 1. The van der Waals surface area contributed by atoms with E-state index >= 15 is 0 Å². The Balaban J connectivity index is 1.54. The molecule has 0 fully saturated rings. The zero-order valence-electron chi connectivity index (χ0n) is 17.6. The van der Waals surface area contributed by atoms with Gasteiger partial charge >= 0.3 is 0 Å². The standard InChI is InChI=1S/C22H20N6O3S/c1-14-15(2)26-31-22(14)27-32(29,30)18-10-8-17(9-11-18)24-13-16(12-23)21-25-19-6-4-5-7-20(19)28(21)3/h4-11,13,24,27H,1-3H3/b16-13+. The smallest absolute Gasteiger partial charge is 0.264 e. The van der Waals surface area contributed by atoms with Crippen LogP contribution in [0.25, 0.3) is 16.6 Å². The number of nitriles is 1. The molecular weight excluding hydrogens is 428 g/mol. The van der Waals surface area contributed by atoms with Crippen LogP contribution in [-0.4, -0.2) is 23.1 Å². The number of allylic oxidation sites excluding steroid dienone is 1. The van der Waals surface area contributed by atoms with Crippen LogP contribution in [0.2, 0.25) is 0 Å². The summed E-state index contributed by atoms with van der Waals surface area (Å²) in [5.74, 6) is 0.621. The second-order valence-electron chi connectivity index (χ2n) is 7.15. The van der Waals surface area contributed by atoms with Crippen LogP contribution in [0.15, 0.2) is 64.1 Å². The van der Waals surface area contributed by atoms with Crippen molar-refractivity contribution in [3.63, 3.8) is 0 Å². The number of aryl methyl sites for hydroxylation is 2. The van der Waals surface area contributed by atoms with Gasteiger partial charge in [-0.1, -0.05) is 17.3 Å². The Kier molecular flexibility index (Phi) is 5.42. The first-order valence-corrected chi connectivity index (χ1v) is 11.1. The Morgan fingerprint density at radius 1 is 1.16 bits per heavy atom. The topological polar surface area (TPSA) is 126 Å². The summed E-state index contributed by atoms with van der Waals surface area (Å²) in [5, 5.41) is 16.4. The first kappa shape index (κ1) is 21.1. The van der Waals surface area contributed by atoms with Gasteiger partial charge in [0.05, 0.1) is 21.6 Å². The van der Waals surface area contributed by atoms with Gasteiger partial charge in [-0.2, -0.15) is 5.26 Å². The van der Waals surface area contributed by atoms with Gasteiger partial charge in [-0.25, -0.2) is 18.1 Å². The number of nitrogens with one attached hydrogen (secondary N) is 2. The van der Waals surface area contributed by atoms with Gasteiger partial charge in [0.1, 0.15) is 11.6 Å². The molecule has 0 aliphatic heterocycles. The molecule has 2 aromatic heterocycles. The third-order valence-electron chi connectivity index (χ3n) is 5.08. The summed E-state index contributed by atoms with van der Waals surface area (Å²) in [6.45, 7) is 3.45. The third kappa shape index (κ3) is 3.93. The molecule has 0 spiro atoms. The highest BCUT2D eigenvalue weighted by Crippen LogP contribution is 2.23. The molecule has 0 unspecified atom stereocenters. The third-order valence-corrected chi connectivity index (χ3v) is 6.43. The van der Waals surface area contributed by atoms with E-state index in [1.165, 1.54) is 12.1 Å². The van der Waals surface area contributed by atoms with Crippen molar-refractivity contribution >= 4 is 38.2 Å². The number of anilines is 2. The number of aromatic nitrogens is 3. The highest BCUT2D eigenvalue weighted by Gasteiger charge is 2.19. The van der Waals surface area contributed by atoms with Crippen LogP contribution < -0.4 is 10.0 Å². The van der Waals surface area contributed by atoms with E-state index < -0.39 is 10.0 Å². The van der Waals surface area contributed by atoms with Gasteiger partial charge in [0, 0.05) is 24.5 Å². The van der Waals surface area contributed by atoms with Crippen LogP contribution in [0.5, 0.6) is 0 Å². The van der Waals surface area contributed by atoms with Crippen LogP contribution in [0, 0.1) is 25.2 Å². The lowest BCUT2D eigenvalue weighted by atomic mass is 10.3. The molecular formula is C22H20N6O3S. The molecule has 2 heterocycles. The quantitative estimate of drug-likeness (QED) is 0.428. The molecule has 2 N–H and O–H groups in total. The molecule has 4 rings (SSSR count). The summed E-state index contributed by atoms with van der Waals surface area (Å²) < 4.78 is 34.5. The zero-order valence-corrected chi connectivity index (χ0v) is 18.4. The average molecular weight is 449 g/mol.